The van der Waals surface area contributed by atoms with E-state index >= 15 is 0 Å². The number of anilines is 1. The van der Waals surface area contributed by atoms with Crippen molar-refractivity contribution in [2.75, 3.05) is 18.4 Å². The smallest absolute Gasteiger partial charge is 0.269 e. The van der Waals surface area contributed by atoms with Gasteiger partial charge in [-0.3, -0.25) is 9.59 Å². The second-order valence-electron chi connectivity index (χ2n) is 5.21. The Morgan fingerprint density at radius 3 is 2.82 bits per heavy atom. The van der Waals surface area contributed by atoms with Crippen molar-refractivity contribution in [2.45, 2.75) is 6.42 Å². The van der Waals surface area contributed by atoms with E-state index in [0.29, 0.717) is 17.9 Å². The number of nitrogens with zero attached hydrogens (tertiary/aromatic N) is 2. The Hall–Kier alpha value is -2.67. The Morgan fingerprint density at radius 2 is 2.14 bits per heavy atom. The summed E-state index contributed by atoms with van der Waals surface area (Å²) >= 11 is 0. The molecular formula is C15H17N5O2. The van der Waals surface area contributed by atoms with Crippen LogP contribution in [0.2, 0.25) is 0 Å². The first-order valence-corrected chi connectivity index (χ1v) is 7.11. The minimum absolute atomic E-state index is 0.0141. The Labute approximate surface area is 127 Å². The number of nitrogens with two attached hydrogens (primary N) is 1. The number of rotatable bonds is 4. The Balaban J connectivity index is 1.85. The number of benzene rings is 1. The van der Waals surface area contributed by atoms with Gasteiger partial charge in [0.25, 0.3) is 5.91 Å². The maximum absolute atomic E-state index is 12.3. The average molecular weight is 299 g/mol. The van der Waals surface area contributed by atoms with E-state index < -0.39 is 5.91 Å². The van der Waals surface area contributed by atoms with Crippen molar-refractivity contribution in [1.82, 2.24) is 15.1 Å². The number of para-hydroxylation sites is 2. The normalized spacial score (nSPS) is 17.4. The summed E-state index contributed by atoms with van der Waals surface area (Å²) < 4.78 is 1.53. The average Bonchev–Trinajstić information content (AvgIpc) is 3.19. The van der Waals surface area contributed by atoms with E-state index in [-0.39, 0.29) is 17.5 Å². The molecule has 4 N–H and O–H groups in total. The van der Waals surface area contributed by atoms with E-state index in [9.17, 15) is 9.59 Å². The summed E-state index contributed by atoms with van der Waals surface area (Å²) in [5, 5.41) is 10.2. The molecule has 0 radical (unpaired) electrons. The SMILES string of the molecule is NC(=O)c1ccn(-c2ccccc2NC(=O)C2CCNC2)n1. The molecule has 1 saturated heterocycles. The largest absolute Gasteiger partial charge is 0.364 e. The van der Waals surface area contributed by atoms with E-state index in [1.807, 2.05) is 18.2 Å². The van der Waals surface area contributed by atoms with Crippen molar-refractivity contribution in [3.63, 3.8) is 0 Å². The lowest BCUT2D eigenvalue weighted by Gasteiger charge is -2.13. The molecule has 1 aliphatic rings. The highest BCUT2D eigenvalue weighted by Crippen LogP contribution is 2.21. The number of carbonyl (C=O) groups is 2. The van der Waals surface area contributed by atoms with Gasteiger partial charge in [0.2, 0.25) is 5.91 Å². The quantitative estimate of drug-likeness (QED) is 0.766. The molecule has 114 valence electrons. The van der Waals surface area contributed by atoms with Gasteiger partial charge in [-0.15, -0.1) is 0 Å². The highest BCUT2D eigenvalue weighted by molar-refractivity contribution is 5.95. The summed E-state index contributed by atoms with van der Waals surface area (Å²) in [4.78, 5) is 23.4. The van der Waals surface area contributed by atoms with Gasteiger partial charge < -0.3 is 16.4 Å². The lowest BCUT2D eigenvalue weighted by Crippen LogP contribution is -2.25. The zero-order chi connectivity index (χ0) is 15.5. The van der Waals surface area contributed by atoms with Gasteiger partial charge in [0, 0.05) is 12.7 Å². The zero-order valence-corrected chi connectivity index (χ0v) is 12.0. The third-order valence-electron chi connectivity index (χ3n) is 3.68. The standard InChI is InChI=1S/C15H17N5O2/c16-14(21)12-6-8-20(19-12)13-4-2-1-3-11(13)18-15(22)10-5-7-17-9-10/h1-4,6,8,10,17H,5,7,9H2,(H2,16,21)(H,18,22). The van der Waals surface area contributed by atoms with Crippen molar-refractivity contribution in [1.29, 1.82) is 0 Å². The molecular weight excluding hydrogens is 282 g/mol. The van der Waals surface area contributed by atoms with Crippen LogP contribution in [0.15, 0.2) is 36.5 Å². The summed E-state index contributed by atoms with van der Waals surface area (Å²) in [5.74, 6) is -0.621. The first kappa shape index (κ1) is 14.3. The van der Waals surface area contributed by atoms with Crippen LogP contribution in [0.4, 0.5) is 5.69 Å². The zero-order valence-electron chi connectivity index (χ0n) is 12.0. The number of carbonyl (C=O) groups excluding carboxylic acids is 2. The third-order valence-corrected chi connectivity index (χ3v) is 3.68. The molecule has 7 nitrogen and oxygen atoms in total. The molecule has 2 amide bonds. The summed E-state index contributed by atoms with van der Waals surface area (Å²) in [6.07, 6.45) is 2.48. The minimum Gasteiger partial charge on any atom is -0.364 e. The number of primary amides is 1. The first-order valence-electron chi connectivity index (χ1n) is 7.11. The molecule has 1 fully saturated rings. The van der Waals surface area contributed by atoms with Crippen molar-refractivity contribution in [2.24, 2.45) is 11.7 Å². The van der Waals surface area contributed by atoms with Crippen LogP contribution in [0.3, 0.4) is 0 Å². The minimum atomic E-state index is -0.586. The van der Waals surface area contributed by atoms with Crippen molar-refractivity contribution >= 4 is 17.5 Å². The fraction of sp³-hybridized carbons (Fsp3) is 0.267. The molecule has 1 unspecified atom stereocenters. The fourth-order valence-corrected chi connectivity index (χ4v) is 2.48. The number of nitrogens with one attached hydrogen (secondary N) is 2. The monoisotopic (exact) mass is 299 g/mol. The van der Waals surface area contributed by atoms with Crippen LogP contribution in [0, 0.1) is 5.92 Å². The van der Waals surface area contributed by atoms with Crippen LogP contribution < -0.4 is 16.4 Å². The number of hydrogen-bond donors (Lipinski definition) is 3. The van der Waals surface area contributed by atoms with Crippen LogP contribution in [-0.4, -0.2) is 34.7 Å². The van der Waals surface area contributed by atoms with E-state index in [1.165, 1.54) is 4.68 Å². The van der Waals surface area contributed by atoms with Crippen LogP contribution in [-0.2, 0) is 4.79 Å². The van der Waals surface area contributed by atoms with E-state index in [2.05, 4.69) is 15.7 Å². The highest BCUT2D eigenvalue weighted by atomic mass is 16.2. The Bertz CT molecular complexity index is 703. The fourth-order valence-electron chi connectivity index (χ4n) is 2.48. The van der Waals surface area contributed by atoms with E-state index in [0.717, 1.165) is 13.0 Å². The molecule has 2 heterocycles. The molecule has 0 saturated carbocycles. The predicted molar refractivity (Wildman–Crippen MR) is 81.7 cm³/mol. The van der Waals surface area contributed by atoms with Gasteiger partial charge in [-0.25, -0.2) is 4.68 Å². The second kappa shape index (κ2) is 5.98. The lowest BCUT2D eigenvalue weighted by atomic mass is 10.1. The summed E-state index contributed by atoms with van der Waals surface area (Å²) in [6, 6.07) is 8.85. The molecule has 7 heteroatoms. The van der Waals surface area contributed by atoms with Crippen LogP contribution in [0.1, 0.15) is 16.9 Å². The van der Waals surface area contributed by atoms with Gasteiger partial charge >= 0.3 is 0 Å². The Morgan fingerprint density at radius 1 is 1.32 bits per heavy atom. The van der Waals surface area contributed by atoms with Gasteiger partial charge in [0.05, 0.1) is 17.3 Å². The topological polar surface area (TPSA) is 102 Å². The molecule has 0 spiro atoms. The van der Waals surface area contributed by atoms with Gasteiger partial charge in [-0.05, 0) is 31.2 Å². The lowest BCUT2D eigenvalue weighted by molar-refractivity contribution is -0.119. The second-order valence-corrected chi connectivity index (χ2v) is 5.21. The molecule has 2 aromatic rings. The van der Waals surface area contributed by atoms with Crippen LogP contribution >= 0.6 is 0 Å². The molecule has 0 aliphatic carbocycles. The maximum Gasteiger partial charge on any atom is 0.269 e. The summed E-state index contributed by atoms with van der Waals surface area (Å²) in [5.41, 5.74) is 6.74. The number of hydrogen-bond acceptors (Lipinski definition) is 4. The molecule has 22 heavy (non-hydrogen) atoms. The van der Waals surface area contributed by atoms with Gasteiger partial charge in [-0.1, -0.05) is 12.1 Å². The summed E-state index contributed by atoms with van der Waals surface area (Å²) in [6.45, 7) is 1.56. The number of aromatic nitrogens is 2. The third kappa shape index (κ3) is 2.84. The first-order chi connectivity index (χ1) is 10.6. The van der Waals surface area contributed by atoms with E-state index in [1.54, 1.807) is 18.3 Å². The van der Waals surface area contributed by atoms with E-state index in [4.69, 9.17) is 5.73 Å². The van der Waals surface area contributed by atoms with Crippen molar-refractivity contribution in [3.8, 4) is 5.69 Å². The summed E-state index contributed by atoms with van der Waals surface area (Å²) in [7, 11) is 0. The van der Waals surface area contributed by atoms with Gasteiger partial charge in [0.1, 0.15) is 5.69 Å². The molecule has 1 aromatic carbocycles. The van der Waals surface area contributed by atoms with Gasteiger partial charge in [0.15, 0.2) is 0 Å². The predicted octanol–water partition coefficient (Wildman–Crippen LogP) is 0.519. The van der Waals surface area contributed by atoms with Crippen LogP contribution in [0.5, 0.6) is 0 Å². The van der Waals surface area contributed by atoms with Gasteiger partial charge in [-0.2, -0.15) is 5.10 Å². The highest BCUT2D eigenvalue weighted by Gasteiger charge is 2.23. The molecule has 3 rings (SSSR count). The molecule has 1 atom stereocenters. The number of amides is 2. The van der Waals surface area contributed by atoms with Crippen molar-refractivity contribution in [3.05, 3.63) is 42.2 Å². The molecule has 1 aromatic heterocycles. The molecule has 0 bridgehead atoms. The Kier molecular flexibility index (Phi) is 3.88. The van der Waals surface area contributed by atoms with Crippen molar-refractivity contribution < 1.29 is 9.59 Å². The van der Waals surface area contributed by atoms with Crippen LogP contribution in [0.25, 0.3) is 5.69 Å². The maximum atomic E-state index is 12.3. The molecule has 1 aliphatic heterocycles.